The van der Waals surface area contributed by atoms with Crippen molar-refractivity contribution in [2.24, 2.45) is 0 Å². The third-order valence-electron chi connectivity index (χ3n) is 4.72. The average Bonchev–Trinajstić information content (AvgIpc) is 2.64. The molecular weight excluding hydrogens is 354 g/mol. The van der Waals surface area contributed by atoms with Gasteiger partial charge in [-0.05, 0) is 56.3 Å². The van der Waals surface area contributed by atoms with Gasteiger partial charge in [-0.2, -0.15) is 0 Å². The van der Waals surface area contributed by atoms with E-state index < -0.39 is 11.6 Å². The van der Waals surface area contributed by atoms with Crippen LogP contribution in [0.15, 0.2) is 23.0 Å². The first-order valence-corrected chi connectivity index (χ1v) is 8.97. The van der Waals surface area contributed by atoms with Crippen molar-refractivity contribution in [1.82, 2.24) is 14.9 Å². The van der Waals surface area contributed by atoms with E-state index in [0.29, 0.717) is 11.5 Å². The van der Waals surface area contributed by atoms with E-state index in [1.165, 1.54) is 0 Å². The molecule has 0 radical (unpaired) electrons. The lowest BCUT2D eigenvalue weighted by molar-refractivity contribution is 0.180. The zero-order valence-corrected chi connectivity index (χ0v) is 15.7. The molecule has 0 saturated carbocycles. The maximum Gasteiger partial charge on any atom is 0.260 e. The summed E-state index contributed by atoms with van der Waals surface area (Å²) in [5.41, 5.74) is 0.582. The second-order valence-electron chi connectivity index (χ2n) is 6.28. The highest BCUT2D eigenvalue weighted by atomic mass is 32.1. The van der Waals surface area contributed by atoms with Crippen molar-refractivity contribution in [3.8, 4) is 17.4 Å². The minimum absolute atomic E-state index is 0.0891. The summed E-state index contributed by atoms with van der Waals surface area (Å²) in [6.45, 7) is 1.64. The monoisotopic (exact) mass is 377 g/mol. The second kappa shape index (κ2) is 7.92. The molecule has 1 unspecified atom stereocenters. The normalized spacial score (nSPS) is 16.2. The third kappa shape index (κ3) is 3.61. The predicted octanol–water partition coefficient (Wildman–Crippen LogP) is 2.73. The van der Waals surface area contributed by atoms with Gasteiger partial charge < -0.3 is 19.6 Å². The molecule has 0 spiro atoms. The number of piperidine rings is 1. The van der Waals surface area contributed by atoms with Crippen molar-refractivity contribution in [2.45, 2.75) is 25.3 Å². The maximum atomic E-state index is 12.7. The third-order valence-corrected chi connectivity index (χ3v) is 4.92. The topological polar surface area (TPSA) is 90.6 Å². The summed E-state index contributed by atoms with van der Waals surface area (Å²) in [6.07, 6.45) is 3.21. The number of aromatic amines is 2. The van der Waals surface area contributed by atoms with Crippen molar-refractivity contribution in [3.05, 3.63) is 44.5 Å². The first kappa shape index (κ1) is 18.5. The van der Waals surface area contributed by atoms with E-state index >= 15 is 0 Å². The van der Waals surface area contributed by atoms with E-state index in [4.69, 9.17) is 21.7 Å². The van der Waals surface area contributed by atoms with Crippen molar-refractivity contribution in [2.75, 3.05) is 27.3 Å². The molecule has 1 aliphatic rings. The number of H-pyrrole nitrogens is 2. The number of benzene rings is 1. The zero-order valence-electron chi connectivity index (χ0n) is 14.9. The lowest BCUT2D eigenvalue weighted by Crippen LogP contribution is -2.37. The standard InChI is InChI=1S/C18H23N3O4S/c1-24-11-6-7-13(25-2)12(10-11)15(21-8-4-3-5-9-21)14-16(22)19-18(26)20-17(14)23/h6-7,10,15H,3-5,8-9H2,1-2H3,(H3,19,20,22,23,26). The van der Waals surface area contributed by atoms with E-state index in [9.17, 15) is 9.90 Å². The van der Waals surface area contributed by atoms with E-state index in [-0.39, 0.29) is 16.2 Å². The van der Waals surface area contributed by atoms with Gasteiger partial charge in [-0.3, -0.25) is 14.7 Å². The number of ether oxygens (including phenoxy) is 2. The average molecular weight is 377 g/mol. The summed E-state index contributed by atoms with van der Waals surface area (Å²) < 4.78 is 11.0. The Morgan fingerprint density at radius 2 is 1.88 bits per heavy atom. The van der Waals surface area contributed by atoms with Gasteiger partial charge in [0.2, 0.25) is 5.88 Å². The fourth-order valence-electron chi connectivity index (χ4n) is 3.50. The molecule has 0 bridgehead atoms. The predicted molar refractivity (Wildman–Crippen MR) is 101 cm³/mol. The molecule has 3 rings (SSSR count). The molecule has 0 aliphatic carbocycles. The molecule has 1 aromatic heterocycles. The van der Waals surface area contributed by atoms with Gasteiger partial charge in [0.1, 0.15) is 11.5 Å². The van der Waals surface area contributed by atoms with Gasteiger partial charge in [0.15, 0.2) is 4.77 Å². The Kier molecular flexibility index (Phi) is 5.63. The SMILES string of the molecule is COc1ccc(OC)c(C(c2c(O)[nH]c(=S)[nH]c2=O)N2CCCCC2)c1. The zero-order chi connectivity index (χ0) is 18.7. The van der Waals surface area contributed by atoms with Crippen LogP contribution in [0, 0.1) is 4.77 Å². The Labute approximate surface area is 156 Å². The van der Waals surface area contributed by atoms with Crippen LogP contribution in [0.3, 0.4) is 0 Å². The van der Waals surface area contributed by atoms with Gasteiger partial charge in [0.25, 0.3) is 5.56 Å². The molecule has 8 heteroatoms. The molecule has 2 aromatic rings. The van der Waals surface area contributed by atoms with Gasteiger partial charge in [-0.1, -0.05) is 6.42 Å². The van der Waals surface area contributed by atoms with E-state index in [0.717, 1.165) is 37.9 Å². The quantitative estimate of drug-likeness (QED) is 0.694. The number of aromatic hydroxyl groups is 1. The Balaban J connectivity index is 2.23. The van der Waals surface area contributed by atoms with Crippen LogP contribution in [-0.2, 0) is 0 Å². The minimum atomic E-state index is -0.476. The van der Waals surface area contributed by atoms with E-state index in [1.54, 1.807) is 20.3 Å². The largest absolute Gasteiger partial charge is 0.497 e. The van der Waals surface area contributed by atoms with Crippen molar-refractivity contribution in [3.63, 3.8) is 0 Å². The van der Waals surface area contributed by atoms with Gasteiger partial charge in [-0.15, -0.1) is 0 Å². The van der Waals surface area contributed by atoms with E-state index in [2.05, 4.69) is 14.9 Å². The molecule has 3 N–H and O–H groups in total. The Morgan fingerprint density at radius 3 is 2.50 bits per heavy atom. The van der Waals surface area contributed by atoms with E-state index in [1.807, 2.05) is 12.1 Å². The molecular formula is C18H23N3O4S. The number of rotatable bonds is 5. The Bertz CT molecular complexity index is 887. The number of hydrogen-bond donors (Lipinski definition) is 3. The van der Waals surface area contributed by atoms with Crippen molar-refractivity contribution >= 4 is 12.2 Å². The highest BCUT2D eigenvalue weighted by Crippen LogP contribution is 2.39. The lowest BCUT2D eigenvalue weighted by Gasteiger charge is -2.35. The number of hydrogen-bond acceptors (Lipinski definition) is 6. The molecule has 140 valence electrons. The number of nitrogens with one attached hydrogen (secondary N) is 2. The maximum absolute atomic E-state index is 12.7. The molecule has 1 fully saturated rings. The summed E-state index contributed by atoms with van der Waals surface area (Å²) in [4.78, 5) is 20.1. The van der Waals surface area contributed by atoms with Gasteiger partial charge in [0.05, 0.1) is 25.8 Å². The molecule has 0 amide bonds. The van der Waals surface area contributed by atoms with Crippen molar-refractivity contribution < 1.29 is 14.6 Å². The smallest absolute Gasteiger partial charge is 0.260 e. The number of likely N-dealkylation sites (tertiary alicyclic amines) is 1. The first-order valence-electron chi connectivity index (χ1n) is 8.56. The number of methoxy groups -OCH3 is 2. The van der Waals surface area contributed by atoms with Crippen LogP contribution in [0.4, 0.5) is 0 Å². The van der Waals surface area contributed by atoms with Crippen LogP contribution < -0.4 is 15.0 Å². The van der Waals surface area contributed by atoms with Crippen LogP contribution in [0.2, 0.25) is 0 Å². The first-order chi connectivity index (χ1) is 12.5. The molecule has 26 heavy (non-hydrogen) atoms. The Hall–Kier alpha value is -2.32. The van der Waals surface area contributed by atoms with Crippen LogP contribution in [0.5, 0.6) is 17.4 Å². The number of nitrogens with zero attached hydrogens (tertiary/aromatic N) is 1. The molecule has 1 aliphatic heterocycles. The van der Waals surface area contributed by atoms with Gasteiger partial charge in [0, 0.05) is 5.56 Å². The highest BCUT2D eigenvalue weighted by Gasteiger charge is 2.31. The Morgan fingerprint density at radius 1 is 1.15 bits per heavy atom. The van der Waals surface area contributed by atoms with Crippen LogP contribution in [0.1, 0.15) is 36.4 Å². The highest BCUT2D eigenvalue weighted by molar-refractivity contribution is 7.71. The van der Waals surface area contributed by atoms with Gasteiger partial charge >= 0.3 is 0 Å². The van der Waals surface area contributed by atoms with Crippen LogP contribution in [0.25, 0.3) is 0 Å². The summed E-state index contributed by atoms with van der Waals surface area (Å²) >= 11 is 4.97. The molecule has 1 aromatic carbocycles. The fraction of sp³-hybridized carbons (Fsp3) is 0.444. The van der Waals surface area contributed by atoms with Crippen LogP contribution in [-0.4, -0.2) is 47.3 Å². The second-order valence-corrected chi connectivity index (χ2v) is 6.69. The molecule has 1 saturated heterocycles. The molecule has 1 atom stereocenters. The summed E-state index contributed by atoms with van der Waals surface area (Å²) in [5.74, 6) is 1.06. The summed E-state index contributed by atoms with van der Waals surface area (Å²) in [5, 5.41) is 10.5. The summed E-state index contributed by atoms with van der Waals surface area (Å²) in [7, 11) is 3.17. The fourth-order valence-corrected chi connectivity index (χ4v) is 3.69. The minimum Gasteiger partial charge on any atom is -0.497 e. The van der Waals surface area contributed by atoms with Gasteiger partial charge in [-0.25, -0.2) is 0 Å². The lowest BCUT2D eigenvalue weighted by atomic mass is 9.95. The van der Waals surface area contributed by atoms with Crippen molar-refractivity contribution in [1.29, 1.82) is 0 Å². The van der Waals surface area contributed by atoms with Crippen LogP contribution >= 0.6 is 12.2 Å². The molecule has 2 heterocycles. The molecule has 7 nitrogen and oxygen atoms in total. The summed E-state index contributed by atoms with van der Waals surface area (Å²) in [6, 6.07) is 4.98. The number of aromatic nitrogens is 2.